The fourth-order valence-electron chi connectivity index (χ4n) is 10.6. The molecule has 4 heteroatoms. The lowest BCUT2D eigenvalue weighted by Gasteiger charge is -2.49. The first-order chi connectivity index (χ1) is 15.5. The van der Waals surface area contributed by atoms with Crippen molar-refractivity contribution >= 4 is 11.8 Å². The van der Waals surface area contributed by atoms with E-state index in [9.17, 15) is 9.59 Å². The summed E-state index contributed by atoms with van der Waals surface area (Å²) in [6.07, 6.45) is 17.8. The van der Waals surface area contributed by atoms with Crippen molar-refractivity contribution in [2.75, 3.05) is 26.2 Å². The molecule has 0 radical (unpaired) electrons. The highest BCUT2D eigenvalue weighted by atomic mass is 16.2. The molecule has 9 fully saturated rings. The molecule has 8 bridgehead atoms. The molecule has 8 aliphatic carbocycles. The van der Waals surface area contributed by atoms with Gasteiger partial charge in [0.15, 0.2) is 0 Å². The predicted octanol–water partition coefficient (Wildman–Crippen LogP) is 4.87. The Balaban J connectivity index is 1.04. The summed E-state index contributed by atoms with van der Waals surface area (Å²) < 4.78 is 0. The minimum absolute atomic E-state index is 0.0530. The molecule has 32 heavy (non-hydrogen) atoms. The highest BCUT2D eigenvalue weighted by Gasteiger charge is 2.54. The maximum atomic E-state index is 13.9. The van der Waals surface area contributed by atoms with Crippen LogP contribution in [0.4, 0.5) is 0 Å². The molecule has 176 valence electrons. The number of hydrogen-bond acceptors (Lipinski definition) is 2. The quantitative estimate of drug-likeness (QED) is 0.617. The van der Waals surface area contributed by atoms with E-state index in [0.717, 1.165) is 100 Å². The fraction of sp³-hybridized carbons (Fsp3) is 0.929. The normalized spacial score (nSPS) is 49.2. The van der Waals surface area contributed by atoms with Crippen LogP contribution in [-0.4, -0.2) is 47.8 Å². The molecule has 0 N–H and O–H groups in total. The van der Waals surface area contributed by atoms with Gasteiger partial charge >= 0.3 is 0 Å². The molecule has 4 nitrogen and oxygen atoms in total. The second-order valence-electron chi connectivity index (χ2n) is 13.6. The van der Waals surface area contributed by atoms with Gasteiger partial charge in [0, 0.05) is 37.0 Å². The van der Waals surface area contributed by atoms with Crippen LogP contribution in [0.3, 0.4) is 0 Å². The van der Waals surface area contributed by atoms with Crippen molar-refractivity contribution in [1.82, 2.24) is 9.80 Å². The Kier molecular flexibility index (Phi) is 4.58. The molecule has 8 saturated carbocycles. The molecular formula is C28H42N2O2. The molecule has 0 aromatic rings. The predicted molar refractivity (Wildman–Crippen MR) is 124 cm³/mol. The third-order valence-electron chi connectivity index (χ3n) is 11.5. The largest absolute Gasteiger partial charge is 0.339 e. The second kappa shape index (κ2) is 7.22. The zero-order valence-corrected chi connectivity index (χ0v) is 19.9. The minimum atomic E-state index is -0.0530. The van der Waals surface area contributed by atoms with Gasteiger partial charge in [-0.15, -0.1) is 0 Å². The van der Waals surface area contributed by atoms with Gasteiger partial charge < -0.3 is 9.80 Å². The maximum absolute atomic E-state index is 13.9. The highest BCUT2D eigenvalue weighted by molar-refractivity contribution is 5.85. The average Bonchev–Trinajstić information content (AvgIpc) is 3.13. The van der Waals surface area contributed by atoms with Crippen LogP contribution in [0.2, 0.25) is 0 Å². The summed E-state index contributed by atoms with van der Waals surface area (Å²) in [7, 11) is 0. The molecule has 0 aromatic heterocycles. The van der Waals surface area contributed by atoms with Crippen LogP contribution in [0.25, 0.3) is 0 Å². The first-order valence-electron chi connectivity index (χ1n) is 14.1. The van der Waals surface area contributed by atoms with E-state index in [0.29, 0.717) is 11.8 Å². The van der Waals surface area contributed by atoms with Crippen molar-refractivity contribution in [3.63, 3.8) is 0 Å². The van der Waals surface area contributed by atoms with E-state index in [4.69, 9.17) is 0 Å². The molecule has 0 unspecified atom stereocenters. The lowest BCUT2D eigenvalue weighted by Crippen LogP contribution is -2.58. The van der Waals surface area contributed by atoms with Gasteiger partial charge in [-0.1, -0.05) is 0 Å². The molecule has 1 heterocycles. The molecule has 0 spiro atoms. The zero-order valence-electron chi connectivity index (χ0n) is 19.9. The monoisotopic (exact) mass is 438 g/mol. The van der Waals surface area contributed by atoms with Gasteiger partial charge in [-0.05, 0) is 125 Å². The van der Waals surface area contributed by atoms with E-state index < -0.39 is 0 Å². The van der Waals surface area contributed by atoms with Crippen molar-refractivity contribution in [1.29, 1.82) is 0 Å². The number of carbonyl (C=O) groups is 2. The molecular weight excluding hydrogens is 396 g/mol. The van der Waals surface area contributed by atoms with Crippen molar-refractivity contribution in [2.24, 2.45) is 46.3 Å². The Bertz CT molecular complexity index is 705. The summed E-state index contributed by atoms with van der Waals surface area (Å²) in [6.45, 7) is 3.10. The standard InChI is InChI=1S/C28H42N2O2/c31-25(27-3-1-19-9-21(15-27)13-22(10-19)16-27)29-5-7-30(8-6-29)26(32)28-4-2-20-11-23(17-28)14-24(12-20)18-28/h19-24H,1-18H2/t19?,20?,21-,22-,23-,24-,27?,28?/m1/s1. The van der Waals surface area contributed by atoms with Crippen LogP contribution >= 0.6 is 0 Å². The van der Waals surface area contributed by atoms with Crippen molar-refractivity contribution in [3.05, 3.63) is 0 Å². The van der Waals surface area contributed by atoms with Gasteiger partial charge in [0.05, 0.1) is 0 Å². The van der Waals surface area contributed by atoms with E-state index in [1.165, 1.54) is 51.4 Å². The maximum Gasteiger partial charge on any atom is 0.228 e. The van der Waals surface area contributed by atoms with Gasteiger partial charge in [-0.2, -0.15) is 0 Å². The lowest BCUT2D eigenvalue weighted by atomic mass is 9.61. The fourth-order valence-corrected chi connectivity index (χ4v) is 10.6. The number of amides is 2. The highest BCUT2D eigenvalue weighted by Crippen LogP contribution is 2.59. The summed E-state index contributed by atoms with van der Waals surface area (Å²) in [4.78, 5) is 32.1. The number of rotatable bonds is 2. The van der Waals surface area contributed by atoms with Gasteiger partial charge in [0.1, 0.15) is 0 Å². The Labute approximate surface area is 193 Å². The molecule has 0 aromatic carbocycles. The third kappa shape index (κ3) is 3.13. The van der Waals surface area contributed by atoms with E-state index in [1.54, 1.807) is 0 Å². The third-order valence-corrected chi connectivity index (χ3v) is 11.5. The summed E-state index contributed by atoms with van der Waals surface area (Å²) >= 11 is 0. The van der Waals surface area contributed by atoms with Crippen LogP contribution in [-0.2, 0) is 9.59 Å². The van der Waals surface area contributed by atoms with Gasteiger partial charge in [-0.3, -0.25) is 9.59 Å². The van der Waals surface area contributed by atoms with Crippen molar-refractivity contribution < 1.29 is 9.59 Å². The zero-order chi connectivity index (χ0) is 21.5. The summed E-state index contributed by atoms with van der Waals surface area (Å²) in [5.74, 6) is 5.96. The van der Waals surface area contributed by atoms with Crippen LogP contribution in [0.5, 0.6) is 0 Å². The van der Waals surface area contributed by atoms with E-state index in [-0.39, 0.29) is 10.8 Å². The first kappa shape index (κ1) is 20.3. The number of piperazine rings is 1. The summed E-state index contributed by atoms with van der Waals surface area (Å²) in [6, 6.07) is 0. The first-order valence-corrected chi connectivity index (χ1v) is 14.1. The Morgan fingerprint density at radius 3 is 1.16 bits per heavy atom. The number of fused-ring (bicyclic) bond motifs is 2. The Hall–Kier alpha value is -1.06. The summed E-state index contributed by atoms with van der Waals surface area (Å²) in [5, 5.41) is 0. The van der Waals surface area contributed by atoms with Crippen LogP contribution in [0.15, 0.2) is 0 Å². The van der Waals surface area contributed by atoms with Gasteiger partial charge in [0.2, 0.25) is 11.8 Å². The summed E-state index contributed by atoms with van der Waals surface area (Å²) in [5.41, 5.74) is -0.106. The molecule has 9 aliphatic rings. The SMILES string of the molecule is O=C(N1CCN(C(=O)C23CCC4C[C@H](C[C@@H](C4)C2)C3)CC1)C12CCC3C[C@H](C[C@@H](C3)C1)C2. The van der Waals surface area contributed by atoms with Crippen LogP contribution in [0.1, 0.15) is 89.9 Å². The lowest BCUT2D eigenvalue weighted by molar-refractivity contribution is -0.156. The Morgan fingerprint density at radius 1 is 0.500 bits per heavy atom. The second-order valence-corrected chi connectivity index (χ2v) is 13.6. The molecule has 2 amide bonds. The van der Waals surface area contributed by atoms with E-state index in [2.05, 4.69) is 9.80 Å². The van der Waals surface area contributed by atoms with Gasteiger partial charge in [-0.25, -0.2) is 0 Å². The number of carbonyl (C=O) groups excluding carboxylic acids is 2. The van der Waals surface area contributed by atoms with Gasteiger partial charge in [0.25, 0.3) is 0 Å². The topological polar surface area (TPSA) is 40.6 Å². The molecule has 4 atom stereocenters. The molecule has 1 saturated heterocycles. The smallest absolute Gasteiger partial charge is 0.228 e. The van der Waals surface area contributed by atoms with E-state index in [1.807, 2.05) is 0 Å². The minimum Gasteiger partial charge on any atom is -0.339 e. The number of nitrogens with zero attached hydrogens (tertiary/aromatic N) is 2. The Morgan fingerprint density at radius 2 is 0.812 bits per heavy atom. The molecule has 1 aliphatic heterocycles. The van der Waals surface area contributed by atoms with E-state index >= 15 is 0 Å². The van der Waals surface area contributed by atoms with Crippen molar-refractivity contribution in [2.45, 2.75) is 89.9 Å². The number of hydrogen-bond donors (Lipinski definition) is 0. The van der Waals surface area contributed by atoms with Crippen LogP contribution < -0.4 is 0 Å². The van der Waals surface area contributed by atoms with Crippen LogP contribution in [0, 0.1) is 46.3 Å². The molecule has 9 rings (SSSR count). The van der Waals surface area contributed by atoms with Crippen molar-refractivity contribution in [3.8, 4) is 0 Å². The average molecular weight is 439 g/mol.